The molecule has 0 spiro atoms. The Labute approximate surface area is 303 Å². The fourth-order valence-electron chi connectivity index (χ4n) is 5.93. The summed E-state index contributed by atoms with van der Waals surface area (Å²) in [5.74, 6) is 1.85. The van der Waals surface area contributed by atoms with Gasteiger partial charge in [-0.25, -0.2) is 0 Å². The van der Waals surface area contributed by atoms with E-state index in [1.165, 1.54) is 78.9 Å². The van der Waals surface area contributed by atoms with Crippen LogP contribution in [0.1, 0.15) is 94.4 Å². The van der Waals surface area contributed by atoms with Crippen LogP contribution < -0.4 is 24.8 Å². The van der Waals surface area contributed by atoms with Crippen LogP contribution in [0.4, 0.5) is 0 Å². The molecule has 2 unspecified atom stereocenters. The Balaban J connectivity index is 0.000000295. The van der Waals surface area contributed by atoms with Crippen LogP contribution in [-0.2, 0) is 26.2 Å². The van der Waals surface area contributed by atoms with Crippen LogP contribution in [0.2, 0.25) is 0 Å². The van der Waals surface area contributed by atoms with Crippen molar-refractivity contribution in [2.75, 3.05) is 0 Å². The zero-order chi connectivity index (χ0) is 29.8. The van der Waals surface area contributed by atoms with E-state index >= 15 is 0 Å². The molecular formula is C42H46Cl2Zr. The van der Waals surface area contributed by atoms with Gasteiger partial charge in [0.15, 0.2) is 0 Å². The predicted octanol–water partition coefficient (Wildman–Crippen LogP) is 6.92. The van der Waals surface area contributed by atoms with Gasteiger partial charge in [0.05, 0.1) is 0 Å². The second-order valence-corrected chi connectivity index (χ2v) is 12.5. The van der Waals surface area contributed by atoms with E-state index in [1.807, 2.05) is 0 Å². The van der Waals surface area contributed by atoms with E-state index in [0.29, 0.717) is 17.8 Å². The van der Waals surface area contributed by atoms with Gasteiger partial charge in [-0.2, -0.15) is 12.1 Å². The Hall–Kier alpha value is -2.44. The second-order valence-electron chi connectivity index (χ2n) is 12.5. The van der Waals surface area contributed by atoms with Crippen molar-refractivity contribution in [3.05, 3.63) is 131 Å². The summed E-state index contributed by atoms with van der Waals surface area (Å²) in [6.07, 6.45) is 2.38. The minimum Gasteiger partial charge on any atom is -1.00 e. The number of aryl methyl sites for hydroxylation is 1. The predicted molar refractivity (Wildman–Crippen MR) is 186 cm³/mol. The van der Waals surface area contributed by atoms with Crippen LogP contribution in [-0.4, -0.2) is 0 Å². The molecule has 6 aromatic rings. The molecule has 0 N–H and O–H groups in total. The topological polar surface area (TPSA) is 0 Å². The van der Waals surface area contributed by atoms with Crippen LogP contribution in [0.5, 0.6) is 0 Å². The maximum absolute atomic E-state index is 2.36. The minimum atomic E-state index is 0. The molecule has 0 aromatic heterocycles. The summed E-state index contributed by atoms with van der Waals surface area (Å²) in [6, 6.07) is 40.6. The van der Waals surface area contributed by atoms with Crippen LogP contribution in [0, 0.1) is 6.92 Å². The molecule has 0 heterocycles. The zero-order valence-electron chi connectivity index (χ0n) is 27.8. The SMILES string of the molecule is CCC(C)c1ccc(-c2cccc3[cH-]c(C(C)C)cc23)cc1.CCC(C)c1ccc(-c2cccc3[cH-]c(C)cc23)cc1.[Cl-].[Cl-].[Zr+4]. The van der Waals surface area contributed by atoms with Crippen LogP contribution in [0.15, 0.2) is 109 Å². The molecule has 0 fully saturated rings. The van der Waals surface area contributed by atoms with E-state index < -0.39 is 0 Å². The number of hydrogen-bond donors (Lipinski definition) is 0. The third-order valence-corrected chi connectivity index (χ3v) is 9.14. The maximum Gasteiger partial charge on any atom is 4.00 e. The van der Waals surface area contributed by atoms with E-state index in [4.69, 9.17) is 0 Å². The zero-order valence-corrected chi connectivity index (χ0v) is 31.8. The summed E-state index contributed by atoms with van der Waals surface area (Å²) in [4.78, 5) is 0. The standard InChI is InChI=1S/C22H25.C20H21.2ClH.Zr/c1-5-16(4)17-9-11-18(12-10-17)21-8-6-7-19-13-20(15(2)3)14-22(19)21;1-4-15(3)16-8-10-17(11-9-16)19-7-5-6-18-12-14(2)13-20(18)19;;;/h6-16H,5H2,1-4H3;5-13,15H,4H2,1-3H3;2*1H;/q2*-1;;;+4/p-2. The molecule has 3 heteroatoms. The van der Waals surface area contributed by atoms with Gasteiger partial charge < -0.3 is 24.8 Å². The summed E-state index contributed by atoms with van der Waals surface area (Å²) < 4.78 is 0. The average Bonchev–Trinajstić information content (AvgIpc) is 3.64. The largest absolute Gasteiger partial charge is 4.00 e. The number of fused-ring (bicyclic) bond motifs is 2. The van der Waals surface area contributed by atoms with Gasteiger partial charge in [0.25, 0.3) is 0 Å². The second kappa shape index (κ2) is 17.5. The van der Waals surface area contributed by atoms with Crippen molar-refractivity contribution in [2.45, 2.75) is 79.1 Å². The fourth-order valence-corrected chi connectivity index (χ4v) is 5.93. The Kier molecular flexibility index (Phi) is 15.0. The summed E-state index contributed by atoms with van der Waals surface area (Å²) in [5.41, 5.74) is 11.0. The van der Waals surface area contributed by atoms with Crippen molar-refractivity contribution in [1.29, 1.82) is 0 Å². The molecule has 0 radical (unpaired) electrons. The first kappa shape index (κ1) is 38.7. The Morgan fingerprint density at radius 1 is 0.556 bits per heavy atom. The molecule has 0 aliphatic carbocycles. The van der Waals surface area contributed by atoms with E-state index in [1.54, 1.807) is 0 Å². The van der Waals surface area contributed by atoms with Gasteiger partial charge in [0.2, 0.25) is 0 Å². The molecule has 232 valence electrons. The average molecular weight is 713 g/mol. The van der Waals surface area contributed by atoms with Crippen LogP contribution >= 0.6 is 0 Å². The summed E-state index contributed by atoms with van der Waals surface area (Å²) in [6.45, 7) is 15.8. The smallest absolute Gasteiger partial charge is 1.00 e. The molecule has 0 saturated carbocycles. The Morgan fingerprint density at radius 3 is 1.40 bits per heavy atom. The van der Waals surface area contributed by atoms with Crippen molar-refractivity contribution < 1.29 is 51.0 Å². The van der Waals surface area contributed by atoms with Gasteiger partial charge in [-0.1, -0.05) is 120 Å². The molecule has 45 heavy (non-hydrogen) atoms. The molecule has 0 bridgehead atoms. The van der Waals surface area contributed by atoms with Crippen molar-refractivity contribution in [3.8, 4) is 22.3 Å². The molecular weight excluding hydrogens is 667 g/mol. The fraction of sp³-hybridized carbons (Fsp3) is 0.286. The molecule has 0 aliphatic heterocycles. The molecule has 0 aliphatic rings. The monoisotopic (exact) mass is 710 g/mol. The van der Waals surface area contributed by atoms with Crippen LogP contribution in [0.25, 0.3) is 43.8 Å². The molecule has 0 saturated heterocycles. The van der Waals surface area contributed by atoms with Gasteiger partial charge in [0, 0.05) is 0 Å². The van der Waals surface area contributed by atoms with Crippen molar-refractivity contribution in [3.63, 3.8) is 0 Å². The van der Waals surface area contributed by atoms with Gasteiger partial charge in [-0.15, -0.1) is 69.1 Å². The maximum atomic E-state index is 2.36. The molecule has 0 amide bonds. The summed E-state index contributed by atoms with van der Waals surface area (Å²) in [5, 5.41) is 5.43. The van der Waals surface area contributed by atoms with Crippen molar-refractivity contribution >= 4 is 21.5 Å². The quantitative estimate of drug-likeness (QED) is 0.158. The van der Waals surface area contributed by atoms with Gasteiger partial charge in [-0.05, 0) is 52.8 Å². The molecule has 6 aromatic carbocycles. The number of halogens is 2. The Bertz CT molecular complexity index is 1750. The van der Waals surface area contributed by atoms with E-state index in [9.17, 15) is 0 Å². The van der Waals surface area contributed by atoms with Crippen molar-refractivity contribution in [1.82, 2.24) is 0 Å². The number of benzene rings is 4. The Morgan fingerprint density at radius 2 is 0.978 bits per heavy atom. The first-order valence-electron chi connectivity index (χ1n) is 15.8. The molecule has 0 nitrogen and oxygen atoms in total. The number of rotatable bonds is 7. The summed E-state index contributed by atoms with van der Waals surface area (Å²) in [7, 11) is 0. The van der Waals surface area contributed by atoms with E-state index in [0.717, 1.165) is 0 Å². The van der Waals surface area contributed by atoms with E-state index in [2.05, 4.69) is 158 Å². The number of hydrogen-bond acceptors (Lipinski definition) is 0. The summed E-state index contributed by atoms with van der Waals surface area (Å²) >= 11 is 0. The minimum absolute atomic E-state index is 0. The van der Waals surface area contributed by atoms with Crippen molar-refractivity contribution in [2.24, 2.45) is 0 Å². The third-order valence-electron chi connectivity index (χ3n) is 9.14. The molecule has 6 rings (SSSR count). The van der Waals surface area contributed by atoms with Gasteiger partial charge in [-0.3, -0.25) is 0 Å². The van der Waals surface area contributed by atoms with Gasteiger partial charge >= 0.3 is 26.2 Å². The van der Waals surface area contributed by atoms with E-state index in [-0.39, 0.29) is 51.0 Å². The molecule has 2 atom stereocenters. The van der Waals surface area contributed by atoms with Gasteiger partial charge in [0.1, 0.15) is 0 Å². The first-order chi connectivity index (χ1) is 20.3. The normalized spacial score (nSPS) is 12.0. The first-order valence-corrected chi connectivity index (χ1v) is 15.8. The third kappa shape index (κ3) is 8.89. The van der Waals surface area contributed by atoms with Crippen LogP contribution in [0.3, 0.4) is 0 Å².